The van der Waals surface area contributed by atoms with E-state index in [-0.39, 0.29) is 23.0 Å². The van der Waals surface area contributed by atoms with Crippen molar-refractivity contribution in [3.05, 3.63) is 89.1 Å². The van der Waals surface area contributed by atoms with E-state index in [0.717, 1.165) is 6.26 Å². The Morgan fingerprint density at radius 3 is 2.31 bits per heavy atom. The molecule has 0 aliphatic heterocycles. The highest BCUT2D eigenvalue weighted by Crippen LogP contribution is 2.39. The molecule has 0 saturated heterocycles. The van der Waals surface area contributed by atoms with E-state index < -0.39 is 32.5 Å². The molecule has 0 radical (unpaired) electrons. The predicted molar refractivity (Wildman–Crippen MR) is 167 cm³/mol. The van der Waals surface area contributed by atoms with E-state index in [1.54, 1.807) is 66.5 Å². The number of benzene rings is 3. The second-order valence-corrected chi connectivity index (χ2v) is 12.6. The lowest BCUT2D eigenvalue weighted by atomic mass is 10.1. The van der Waals surface area contributed by atoms with E-state index >= 15 is 0 Å². The summed E-state index contributed by atoms with van der Waals surface area (Å²) in [5, 5.41) is 2.20. The molecule has 5 rings (SSSR count). The molecule has 0 atom stereocenters. The Bertz CT molecular complexity index is 2020. The molecule has 0 bridgehead atoms. The van der Waals surface area contributed by atoms with Gasteiger partial charge in [-0.2, -0.15) is 18.2 Å². The van der Waals surface area contributed by atoms with Crippen LogP contribution in [0.5, 0.6) is 0 Å². The van der Waals surface area contributed by atoms with E-state index in [1.807, 2.05) is 0 Å². The molecule has 3 aromatic carbocycles. The first kappa shape index (κ1) is 31.7. The summed E-state index contributed by atoms with van der Waals surface area (Å²) in [6, 6.07) is 17.1. The molecule has 0 aliphatic rings. The molecule has 2 heterocycles. The van der Waals surface area contributed by atoms with Gasteiger partial charge in [0.05, 0.1) is 33.2 Å². The zero-order chi connectivity index (χ0) is 32.7. The summed E-state index contributed by atoms with van der Waals surface area (Å²) in [6.45, 7) is 1.01. The smallest absolute Gasteiger partial charge is 0.327 e. The first-order valence-electron chi connectivity index (χ1n) is 13.4. The Hall–Kier alpha value is -4.69. The number of alkyl halides is 3. The highest BCUT2D eigenvalue weighted by atomic mass is 35.5. The van der Waals surface area contributed by atoms with Gasteiger partial charge in [0.15, 0.2) is 9.84 Å². The number of anilines is 5. The predicted octanol–water partition coefficient (Wildman–Crippen LogP) is 6.44. The standard InChI is InChI=1S/C30H27ClF3N7O3S/c1-18(42)36-29-38-27-23(9-6-10-24(27)41(29)17-19-7-5-8-22(31)26(19)30(32,33)34)40(3)25-15-16-35-28(37-25)39(2)20-11-13-21(14-12-20)45(4,43)44/h5-16H,17H2,1-4H3,(H,36,38,42). The summed E-state index contributed by atoms with van der Waals surface area (Å²) in [5.74, 6) is 0.407. The molecular weight excluding hydrogens is 631 g/mol. The number of nitrogens with one attached hydrogen (secondary N) is 1. The van der Waals surface area contributed by atoms with Crippen molar-refractivity contribution in [3.63, 3.8) is 0 Å². The van der Waals surface area contributed by atoms with Gasteiger partial charge in [-0.3, -0.25) is 10.1 Å². The van der Waals surface area contributed by atoms with Crippen molar-refractivity contribution < 1.29 is 26.4 Å². The third-order valence-electron chi connectivity index (χ3n) is 7.04. The molecule has 15 heteroatoms. The SMILES string of the molecule is CC(=O)Nc1nc2c(N(C)c3ccnc(N(C)c4ccc(S(C)(=O)=O)cc4)n3)cccc2n1Cc1cccc(Cl)c1C(F)(F)F. The lowest BCUT2D eigenvalue weighted by Gasteiger charge is -2.22. The Kier molecular flexibility index (Phi) is 8.47. The van der Waals surface area contributed by atoms with E-state index in [9.17, 15) is 26.4 Å². The van der Waals surface area contributed by atoms with Crippen molar-refractivity contribution in [2.45, 2.75) is 24.5 Å². The zero-order valence-electron chi connectivity index (χ0n) is 24.5. The van der Waals surface area contributed by atoms with Gasteiger partial charge >= 0.3 is 6.18 Å². The molecule has 5 aromatic rings. The van der Waals surface area contributed by atoms with Gasteiger partial charge in [-0.1, -0.05) is 29.8 Å². The van der Waals surface area contributed by atoms with Gasteiger partial charge in [-0.05, 0) is 54.1 Å². The van der Waals surface area contributed by atoms with Gasteiger partial charge in [0.25, 0.3) is 0 Å². The fraction of sp³-hybridized carbons (Fsp3) is 0.200. The second-order valence-electron chi connectivity index (χ2n) is 10.2. The molecule has 0 spiro atoms. The number of halogens is 4. The number of nitrogens with zero attached hydrogens (tertiary/aromatic N) is 6. The quantitative estimate of drug-likeness (QED) is 0.203. The highest BCUT2D eigenvalue weighted by Gasteiger charge is 2.36. The topological polar surface area (TPSA) is 113 Å². The lowest BCUT2D eigenvalue weighted by molar-refractivity contribution is -0.138. The Morgan fingerprint density at radius 2 is 1.67 bits per heavy atom. The van der Waals surface area contributed by atoms with Crippen LogP contribution in [0.25, 0.3) is 11.0 Å². The summed E-state index contributed by atoms with van der Waals surface area (Å²) < 4.78 is 67.1. The minimum atomic E-state index is -4.70. The van der Waals surface area contributed by atoms with Crippen LogP contribution in [0.1, 0.15) is 18.1 Å². The summed E-state index contributed by atoms with van der Waals surface area (Å²) in [6.07, 6.45) is -2.00. The highest BCUT2D eigenvalue weighted by molar-refractivity contribution is 7.90. The van der Waals surface area contributed by atoms with Crippen LogP contribution < -0.4 is 15.1 Å². The van der Waals surface area contributed by atoms with E-state index in [0.29, 0.717) is 34.2 Å². The summed E-state index contributed by atoms with van der Waals surface area (Å²) in [4.78, 5) is 29.3. The minimum Gasteiger partial charge on any atom is -0.327 e. The van der Waals surface area contributed by atoms with Gasteiger partial charge in [0, 0.05) is 39.2 Å². The van der Waals surface area contributed by atoms with E-state index in [1.165, 1.54) is 41.8 Å². The summed E-state index contributed by atoms with van der Waals surface area (Å²) >= 11 is 5.97. The number of sulfone groups is 1. The van der Waals surface area contributed by atoms with E-state index in [4.69, 9.17) is 11.6 Å². The normalized spacial score (nSPS) is 11.9. The van der Waals surface area contributed by atoms with Crippen molar-refractivity contribution in [2.75, 3.05) is 35.5 Å². The maximum atomic E-state index is 14.0. The number of carbonyl (C=O) groups excluding carboxylic acids is 1. The molecule has 234 valence electrons. The third-order valence-corrected chi connectivity index (χ3v) is 8.49. The van der Waals surface area contributed by atoms with Crippen LogP contribution in [0.2, 0.25) is 5.02 Å². The van der Waals surface area contributed by atoms with Crippen LogP contribution in [0, 0.1) is 0 Å². The summed E-state index contributed by atoms with van der Waals surface area (Å²) in [7, 11) is 0.129. The Morgan fingerprint density at radius 1 is 0.978 bits per heavy atom. The van der Waals surface area contributed by atoms with Gasteiger partial charge in [0.2, 0.25) is 17.8 Å². The van der Waals surface area contributed by atoms with Crippen LogP contribution in [0.15, 0.2) is 77.8 Å². The van der Waals surface area contributed by atoms with Crippen molar-refractivity contribution >= 4 is 67.5 Å². The second kappa shape index (κ2) is 12.0. The largest absolute Gasteiger partial charge is 0.418 e. The average molecular weight is 658 g/mol. The number of rotatable bonds is 8. The molecule has 0 unspecified atom stereocenters. The van der Waals surface area contributed by atoms with Gasteiger partial charge in [-0.15, -0.1) is 0 Å². The minimum absolute atomic E-state index is 0.0621. The number of hydrogen-bond acceptors (Lipinski definition) is 8. The fourth-order valence-electron chi connectivity index (χ4n) is 4.85. The van der Waals surface area contributed by atoms with Gasteiger partial charge < -0.3 is 14.4 Å². The maximum Gasteiger partial charge on any atom is 0.418 e. The number of hydrogen-bond donors (Lipinski definition) is 1. The number of fused-ring (bicyclic) bond motifs is 1. The average Bonchev–Trinajstić information content (AvgIpc) is 3.31. The molecule has 0 fully saturated rings. The van der Waals surface area contributed by atoms with Crippen LogP contribution in [-0.2, 0) is 27.4 Å². The van der Waals surface area contributed by atoms with Gasteiger partial charge in [0.1, 0.15) is 11.3 Å². The van der Waals surface area contributed by atoms with Crippen molar-refractivity contribution in [1.82, 2.24) is 19.5 Å². The van der Waals surface area contributed by atoms with Crippen molar-refractivity contribution in [2.24, 2.45) is 0 Å². The monoisotopic (exact) mass is 657 g/mol. The lowest BCUT2D eigenvalue weighted by Crippen LogP contribution is -2.17. The van der Waals surface area contributed by atoms with E-state index in [2.05, 4.69) is 20.3 Å². The third kappa shape index (κ3) is 6.56. The maximum absolute atomic E-state index is 14.0. The molecule has 1 amide bonds. The van der Waals surface area contributed by atoms with Gasteiger partial charge in [-0.25, -0.2) is 18.4 Å². The number of amides is 1. The first-order valence-corrected chi connectivity index (χ1v) is 15.6. The number of carbonyl (C=O) groups is 1. The van der Waals surface area contributed by atoms with Crippen LogP contribution >= 0.6 is 11.6 Å². The number of imidazole rings is 1. The van der Waals surface area contributed by atoms with Crippen LogP contribution in [-0.4, -0.2) is 54.2 Å². The molecule has 2 aromatic heterocycles. The molecule has 0 aliphatic carbocycles. The number of aromatic nitrogens is 4. The summed E-state index contributed by atoms with van der Waals surface area (Å²) in [5.41, 5.74) is 1.04. The van der Waals surface area contributed by atoms with Crippen LogP contribution in [0.3, 0.4) is 0 Å². The Balaban J connectivity index is 1.55. The molecular formula is C30H27ClF3N7O3S. The van der Waals surface area contributed by atoms with Crippen LogP contribution in [0.4, 0.5) is 42.3 Å². The zero-order valence-corrected chi connectivity index (χ0v) is 26.0. The fourth-order valence-corrected chi connectivity index (χ4v) is 5.78. The molecule has 10 nitrogen and oxygen atoms in total. The Labute approximate surface area is 262 Å². The van der Waals surface area contributed by atoms with Crippen molar-refractivity contribution in [3.8, 4) is 0 Å². The molecule has 45 heavy (non-hydrogen) atoms. The molecule has 1 N–H and O–H groups in total. The first-order chi connectivity index (χ1) is 21.1. The number of para-hydroxylation sites is 1. The molecule has 0 saturated carbocycles. The van der Waals surface area contributed by atoms with Crippen molar-refractivity contribution in [1.29, 1.82) is 0 Å².